The first kappa shape index (κ1) is 26.4. The van der Waals surface area contributed by atoms with Gasteiger partial charge in [-0.05, 0) is 79.7 Å². The summed E-state index contributed by atoms with van der Waals surface area (Å²) in [7, 11) is -2.43. The Morgan fingerprint density at radius 3 is 1.95 bits per heavy atom. The number of hydrogen-bond acceptors (Lipinski definition) is 4. The van der Waals surface area contributed by atoms with Crippen molar-refractivity contribution >= 4 is 60.7 Å². The molecule has 5 rings (SSSR count). The third kappa shape index (κ3) is 5.07. The molecule has 38 heavy (non-hydrogen) atoms. The molecule has 1 heterocycles. The maximum Gasteiger partial charge on any atom is 0.264 e. The second-order valence-electron chi connectivity index (χ2n) is 9.13. The largest absolute Gasteiger partial charge is 0.497 e. The normalized spacial score (nSPS) is 12.7. The summed E-state index contributed by atoms with van der Waals surface area (Å²) in [6.07, 6.45) is -1.04. The van der Waals surface area contributed by atoms with Gasteiger partial charge in [-0.25, -0.2) is 8.42 Å². The van der Waals surface area contributed by atoms with Crippen molar-refractivity contribution in [2.45, 2.75) is 24.5 Å². The van der Waals surface area contributed by atoms with Gasteiger partial charge in [0.05, 0.1) is 36.9 Å². The smallest absolute Gasteiger partial charge is 0.264 e. The second kappa shape index (κ2) is 10.5. The van der Waals surface area contributed by atoms with E-state index in [0.717, 1.165) is 27.4 Å². The van der Waals surface area contributed by atoms with Crippen LogP contribution >= 0.6 is 23.2 Å². The molecule has 4 aromatic carbocycles. The lowest BCUT2D eigenvalue weighted by Crippen LogP contribution is -2.39. The van der Waals surface area contributed by atoms with E-state index in [1.54, 1.807) is 67.8 Å². The number of aryl methyl sites for hydroxylation is 1. The fraction of sp³-hybridized carbons (Fsp3) is 0.172. The fourth-order valence-corrected chi connectivity index (χ4v) is 6.48. The summed E-state index contributed by atoms with van der Waals surface area (Å²) in [5.41, 5.74) is 3.10. The quantitative estimate of drug-likeness (QED) is 0.227. The van der Waals surface area contributed by atoms with Gasteiger partial charge in [0.25, 0.3) is 10.0 Å². The third-order valence-corrected chi connectivity index (χ3v) is 8.81. The molecular formula is C29H26Cl2N2O4S. The van der Waals surface area contributed by atoms with E-state index >= 15 is 0 Å². The van der Waals surface area contributed by atoms with E-state index in [1.807, 2.05) is 35.8 Å². The average molecular weight is 570 g/mol. The Kier molecular flexibility index (Phi) is 7.29. The number of ether oxygens (including phenoxy) is 1. The van der Waals surface area contributed by atoms with Crippen molar-refractivity contribution in [3.63, 3.8) is 0 Å². The first-order valence-corrected chi connectivity index (χ1v) is 14.2. The first-order chi connectivity index (χ1) is 18.2. The van der Waals surface area contributed by atoms with Crippen LogP contribution in [0.15, 0.2) is 89.8 Å². The van der Waals surface area contributed by atoms with E-state index in [1.165, 1.54) is 4.31 Å². The molecule has 0 aliphatic heterocycles. The van der Waals surface area contributed by atoms with Crippen molar-refractivity contribution in [2.75, 3.05) is 18.0 Å². The van der Waals surface area contributed by atoms with Gasteiger partial charge in [0.2, 0.25) is 0 Å². The van der Waals surface area contributed by atoms with Gasteiger partial charge in [-0.1, -0.05) is 40.9 Å². The highest BCUT2D eigenvalue weighted by atomic mass is 35.5. The molecule has 0 fully saturated rings. The highest BCUT2D eigenvalue weighted by Crippen LogP contribution is 2.33. The number of rotatable bonds is 8. The minimum absolute atomic E-state index is 0.146. The van der Waals surface area contributed by atoms with Crippen LogP contribution in [0.3, 0.4) is 0 Å². The zero-order valence-electron chi connectivity index (χ0n) is 20.8. The van der Waals surface area contributed by atoms with E-state index in [4.69, 9.17) is 27.9 Å². The minimum atomic E-state index is -3.97. The van der Waals surface area contributed by atoms with Crippen molar-refractivity contribution < 1.29 is 18.3 Å². The maximum atomic E-state index is 13.8. The molecule has 5 aromatic rings. The molecule has 0 spiro atoms. The van der Waals surface area contributed by atoms with Crippen molar-refractivity contribution in [1.29, 1.82) is 0 Å². The van der Waals surface area contributed by atoms with Crippen molar-refractivity contribution in [3.05, 3.63) is 101 Å². The third-order valence-electron chi connectivity index (χ3n) is 6.53. The zero-order chi connectivity index (χ0) is 27.0. The Balaban J connectivity index is 1.54. The van der Waals surface area contributed by atoms with Gasteiger partial charge in [0.1, 0.15) is 5.75 Å². The number of sulfonamides is 1. The number of benzene rings is 4. The number of halogens is 2. The van der Waals surface area contributed by atoms with Gasteiger partial charge in [-0.3, -0.25) is 4.31 Å². The lowest BCUT2D eigenvalue weighted by molar-refractivity contribution is 0.166. The van der Waals surface area contributed by atoms with Gasteiger partial charge in [-0.2, -0.15) is 0 Å². The van der Waals surface area contributed by atoms with Gasteiger partial charge in [0, 0.05) is 31.9 Å². The van der Waals surface area contributed by atoms with Crippen molar-refractivity contribution in [3.8, 4) is 5.75 Å². The predicted octanol–water partition coefficient (Wildman–Crippen LogP) is 6.67. The number of anilines is 1. The van der Waals surface area contributed by atoms with E-state index in [-0.39, 0.29) is 18.0 Å². The summed E-state index contributed by atoms with van der Waals surface area (Å²) >= 11 is 12.6. The number of methoxy groups -OCH3 is 1. The van der Waals surface area contributed by atoms with Crippen LogP contribution in [0, 0.1) is 6.92 Å². The highest BCUT2D eigenvalue weighted by Gasteiger charge is 2.28. The average Bonchev–Trinajstić information content (AvgIpc) is 3.19. The van der Waals surface area contributed by atoms with E-state index in [2.05, 4.69) is 0 Å². The topological polar surface area (TPSA) is 71.8 Å². The maximum absolute atomic E-state index is 13.8. The summed E-state index contributed by atoms with van der Waals surface area (Å²) in [5, 5.41) is 14.3. The fourth-order valence-electron chi connectivity index (χ4n) is 4.63. The molecule has 0 bridgehead atoms. The molecular weight excluding hydrogens is 543 g/mol. The highest BCUT2D eigenvalue weighted by molar-refractivity contribution is 7.92. The number of hydrogen-bond donors (Lipinski definition) is 1. The van der Waals surface area contributed by atoms with Gasteiger partial charge >= 0.3 is 0 Å². The van der Waals surface area contributed by atoms with E-state index < -0.39 is 16.1 Å². The number of aromatic nitrogens is 1. The number of nitrogens with zero attached hydrogens (tertiary/aromatic N) is 2. The molecule has 9 heteroatoms. The molecule has 1 atom stereocenters. The Labute approximate surface area is 231 Å². The molecule has 0 aliphatic rings. The molecule has 1 N–H and O–H groups in total. The van der Waals surface area contributed by atoms with Gasteiger partial charge in [-0.15, -0.1) is 0 Å². The van der Waals surface area contributed by atoms with Crippen LogP contribution in [-0.2, 0) is 16.6 Å². The molecule has 0 unspecified atom stereocenters. The van der Waals surface area contributed by atoms with E-state index in [0.29, 0.717) is 21.5 Å². The Bertz CT molecular complexity index is 1660. The minimum Gasteiger partial charge on any atom is -0.497 e. The lowest BCUT2D eigenvalue weighted by atomic mass is 10.1. The van der Waals surface area contributed by atoms with Crippen LogP contribution in [0.4, 0.5) is 5.69 Å². The first-order valence-electron chi connectivity index (χ1n) is 12.0. The van der Waals surface area contributed by atoms with Crippen molar-refractivity contribution in [2.24, 2.45) is 0 Å². The van der Waals surface area contributed by atoms with Gasteiger partial charge in [0.15, 0.2) is 0 Å². The summed E-state index contributed by atoms with van der Waals surface area (Å²) in [6.45, 7) is 1.89. The molecule has 0 radical (unpaired) electrons. The van der Waals surface area contributed by atoms with Crippen LogP contribution in [0.1, 0.15) is 5.56 Å². The molecule has 0 amide bonds. The monoisotopic (exact) mass is 568 g/mol. The van der Waals surface area contributed by atoms with Crippen molar-refractivity contribution in [1.82, 2.24) is 4.57 Å². The standard InChI is InChI=1S/C29H26Cl2N2O4S/c1-19-3-11-25(12-4-19)38(35,36)33(22-7-9-24(37-2)10-8-22)18-23(34)17-32-28-13-5-20(30)15-26(28)27-16-21(31)6-14-29(27)32/h3-16,23,34H,17-18H2,1-2H3/t23-/m1/s1. The SMILES string of the molecule is COc1ccc(N(C[C@H](O)Cn2c3ccc(Cl)cc3c3cc(Cl)ccc32)S(=O)(=O)c2ccc(C)cc2)cc1. The summed E-state index contributed by atoms with van der Waals surface area (Å²) in [6, 6.07) is 24.5. The summed E-state index contributed by atoms with van der Waals surface area (Å²) in [5.74, 6) is 0.601. The number of fused-ring (bicyclic) bond motifs is 3. The summed E-state index contributed by atoms with van der Waals surface area (Å²) < 4.78 is 36.0. The van der Waals surface area contributed by atoms with Crippen LogP contribution in [-0.4, -0.2) is 37.8 Å². The van der Waals surface area contributed by atoms with Crippen LogP contribution in [0.5, 0.6) is 5.75 Å². The second-order valence-corrected chi connectivity index (χ2v) is 11.9. The lowest BCUT2D eigenvalue weighted by Gasteiger charge is -2.27. The number of aliphatic hydroxyl groups excluding tert-OH is 1. The molecule has 6 nitrogen and oxygen atoms in total. The Hall–Kier alpha value is -3.23. The number of aliphatic hydroxyl groups is 1. The Morgan fingerprint density at radius 1 is 0.868 bits per heavy atom. The van der Waals surface area contributed by atoms with Crippen LogP contribution in [0.2, 0.25) is 10.0 Å². The molecule has 0 saturated carbocycles. The van der Waals surface area contributed by atoms with Gasteiger partial charge < -0.3 is 14.4 Å². The molecule has 0 aliphatic carbocycles. The summed E-state index contributed by atoms with van der Waals surface area (Å²) in [4.78, 5) is 0.146. The zero-order valence-corrected chi connectivity index (χ0v) is 23.1. The predicted molar refractivity (Wildman–Crippen MR) is 154 cm³/mol. The van der Waals surface area contributed by atoms with Crippen LogP contribution in [0.25, 0.3) is 21.8 Å². The molecule has 1 aromatic heterocycles. The molecule has 196 valence electrons. The van der Waals surface area contributed by atoms with E-state index in [9.17, 15) is 13.5 Å². The molecule has 0 saturated heterocycles. The Morgan fingerprint density at radius 2 is 1.42 bits per heavy atom. The van der Waals surface area contributed by atoms with Crippen LogP contribution < -0.4 is 9.04 Å².